The van der Waals surface area contributed by atoms with E-state index in [2.05, 4.69) is 10.6 Å². The van der Waals surface area contributed by atoms with Gasteiger partial charge in [-0.15, -0.1) is 0 Å². The monoisotopic (exact) mass is 340 g/mol. The number of nitrogens with one attached hydrogen (secondary N) is 2. The molecule has 0 fully saturated rings. The zero-order chi connectivity index (χ0) is 18.2. The van der Waals surface area contributed by atoms with E-state index < -0.39 is 17.8 Å². The van der Waals surface area contributed by atoms with Crippen molar-refractivity contribution in [3.8, 4) is 0 Å². The molecule has 2 amide bonds. The first-order valence-corrected chi connectivity index (χ1v) is 7.92. The molecular weight excluding hydrogens is 320 g/mol. The van der Waals surface area contributed by atoms with Gasteiger partial charge in [-0.25, -0.2) is 4.79 Å². The number of para-hydroxylation sites is 1. The minimum atomic E-state index is -0.844. The summed E-state index contributed by atoms with van der Waals surface area (Å²) >= 11 is 0. The molecule has 0 heterocycles. The van der Waals surface area contributed by atoms with Gasteiger partial charge < -0.3 is 15.4 Å². The van der Waals surface area contributed by atoms with E-state index in [-0.39, 0.29) is 24.4 Å². The average molecular weight is 340 g/mol. The van der Waals surface area contributed by atoms with Crippen LogP contribution in [0, 0.1) is 6.92 Å². The molecule has 2 aromatic carbocycles. The molecule has 0 aliphatic heterocycles. The third-order valence-corrected chi connectivity index (χ3v) is 3.45. The van der Waals surface area contributed by atoms with Crippen LogP contribution >= 0.6 is 0 Å². The van der Waals surface area contributed by atoms with Crippen LogP contribution in [-0.4, -0.2) is 24.4 Å². The van der Waals surface area contributed by atoms with Gasteiger partial charge in [-0.05, 0) is 31.5 Å². The molecule has 6 heteroatoms. The van der Waals surface area contributed by atoms with Crippen LogP contribution in [0.2, 0.25) is 0 Å². The first kappa shape index (κ1) is 18.2. The maximum absolute atomic E-state index is 12.0. The Labute approximate surface area is 146 Å². The van der Waals surface area contributed by atoms with Gasteiger partial charge in [0, 0.05) is 6.54 Å². The summed E-state index contributed by atoms with van der Waals surface area (Å²) in [5, 5.41) is 4.99. The summed E-state index contributed by atoms with van der Waals surface area (Å²) in [4.78, 5) is 35.9. The lowest BCUT2D eigenvalue weighted by Gasteiger charge is -2.10. The molecule has 0 aromatic heterocycles. The smallest absolute Gasteiger partial charge is 0.340 e. The highest BCUT2D eigenvalue weighted by atomic mass is 16.5. The van der Waals surface area contributed by atoms with Crippen LogP contribution in [0.5, 0.6) is 0 Å². The highest BCUT2D eigenvalue weighted by Gasteiger charge is 2.18. The maximum Gasteiger partial charge on any atom is 0.340 e. The fraction of sp³-hybridized carbons (Fsp3) is 0.211. The Morgan fingerprint density at radius 3 is 2.32 bits per heavy atom. The van der Waals surface area contributed by atoms with Crippen molar-refractivity contribution >= 4 is 23.5 Å². The minimum Gasteiger partial charge on any atom is -0.462 e. The molecule has 0 atom stereocenters. The Morgan fingerprint density at radius 2 is 1.64 bits per heavy atom. The summed E-state index contributed by atoms with van der Waals surface area (Å²) in [5.41, 5.74) is 2.43. The van der Waals surface area contributed by atoms with E-state index in [1.165, 1.54) is 12.1 Å². The number of carbonyl (C=O) groups excluding carboxylic acids is 3. The number of aryl methyl sites for hydroxylation is 1. The lowest BCUT2D eigenvalue weighted by atomic mass is 10.1. The Kier molecular flexibility index (Phi) is 6.28. The molecule has 0 bridgehead atoms. The van der Waals surface area contributed by atoms with Crippen LogP contribution < -0.4 is 10.6 Å². The van der Waals surface area contributed by atoms with E-state index in [1.54, 1.807) is 19.1 Å². The summed E-state index contributed by atoms with van der Waals surface area (Å²) in [6, 6.07) is 14.0. The van der Waals surface area contributed by atoms with E-state index in [4.69, 9.17) is 4.74 Å². The number of rotatable bonds is 5. The van der Waals surface area contributed by atoms with E-state index in [0.29, 0.717) is 0 Å². The fourth-order valence-corrected chi connectivity index (χ4v) is 2.13. The van der Waals surface area contributed by atoms with Crippen molar-refractivity contribution < 1.29 is 19.1 Å². The average Bonchev–Trinajstić information content (AvgIpc) is 2.61. The van der Waals surface area contributed by atoms with Gasteiger partial charge in [-0.1, -0.05) is 42.0 Å². The molecule has 2 N–H and O–H groups in total. The van der Waals surface area contributed by atoms with Gasteiger partial charge in [0.2, 0.25) is 0 Å². The van der Waals surface area contributed by atoms with E-state index in [0.717, 1.165) is 11.1 Å². The lowest BCUT2D eigenvalue weighted by Crippen LogP contribution is -2.35. The van der Waals surface area contributed by atoms with Crippen molar-refractivity contribution in [3.05, 3.63) is 65.2 Å². The van der Waals surface area contributed by atoms with Crippen molar-refractivity contribution in [1.82, 2.24) is 5.32 Å². The van der Waals surface area contributed by atoms with Crippen molar-refractivity contribution in [2.75, 3.05) is 11.9 Å². The third-order valence-electron chi connectivity index (χ3n) is 3.45. The second kappa shape index (κ2) is 8.63. The standard InChI is InChI=1S/C19H20N2O4/c1-3-25-19(24)15-6-4-5-7-16(15)21-18(23)17(22)20-12-14-10-8-13(2)9-11-14/h4-11H,3,12H2,1-2H3,(H,20,22)(H,21,23). The molecule has 0 saturated heterocycles. The number of amides is 2. The highest BCUT2D eigenvalue weighted by Crippen LogP contribution is 2.16. The van der Waals surface area contributed by atoms with Gasteiger partial charge in [0.05, 0.1) is 17.9 Å². The summed E-state index contributed by atoms with van der Waals surface area (Å²) in [6.45, 7) is 4.12. The number of anilines is 1. The number of carbonyl (C=O) groups is 3. The van der Waals surface area contributed by atoms with Gasteiger partial charge >= 0.3 is 17.8 Å². The number of hydrogen-bond acceptors (Lipinski definition) is 4. The third kappa shape index (κ3) is 5.17. The first-order valence-electron chi connectivity index (χ1n) is 7.92. The number of ether oxygens (including phenoxy) is 1. The van der Waals surface area contributed by atoms with Gasteiger partial charge in [-0.3, -0.25) is 9.59 Å². The lowest BCUT2D eigenvalue weighted by molar-refractivity contribution is -0.136. The molecule has 0 aliphatic rings. The molecule has 2 rings (SSSR count). The van der Waals surface area contributed by atoms with Crippen molar-refractivity contribution in [1.29, 1.82) is 0 Å². The van der Waals surface area contributed by atoms with Crippen LogP contribution in [0.1, 0.15) is 28.4 Å². The topological polar surface area (TPSA) is 84.5 Å². The molecular formula is C19H20N2O4. The van der Waals surface area contributed by atoms with Crippen LogP contribution in [0.15, 0.2) is 48.5 Å². The van der Waals surface area contributed by atoms with Gasteiger partial charge in [0.25, 0.3) is 0 Å². The SMILES string of the molecule is CCOC(=O)c1ccccc1NC(=O)C(=O)NCc1ccc(C)cc1. The van der Waals surface area contributed by atoms with Crippen LogP contribution in [0.3, 0.4) is 0 Å². The van der Waals surface area contributed by atoms with Crippen LogP contribution in [-0.2, 0) is 20.9 Å². The Morgan fingerprint density at radius 1 is 0.960 bits per heavy atom. The fourth-order valence-electron chi connectivity index (χ4n) is 2.13. The summed E-state index contributed by atoms with van der Waals surface area (Å²) < 4.78 is 4.93. The van der Waals surface area contributed by atoms with Gasteiger partial charge in [-0.2, -0.15) is 0 Å². The van der Waals surface area contributed by atoms with Crippen molar-refractivity contribution in [3.63, 3.8) is 0 Å². The zero-order valence-corrected chi connectivity index (χ0v) is 14.2. The summed E-state index contributed by atoms with van der Waals surface area (Å²) in [5.74, 6) is -2.18. The summed E-state index contributed by atoms with van der Waals surface area (Å²) in [7, 11) is 0. The number of hydrogen-bond donors (Lipinski definition) is 2. The molecule has 0 aliphatic carbocycles. The Hall–Kier alpha value is -3.15. The molecule has 25 heavy (non-hydrogen) atoms. The van der Waals surface area contributed by atoms with Crippen LogP contribution in [0.25, 0.3) is 0 Å². The second-order valence-electron chi connectivity index (χ2n) is 5.39. The second-order valence-corrected chi connectivity index (χ2v) is 5.39. The Balaban J connectivity index is 1.98. The molecule has 0 saturated carbocycles. The van der Waals surface area contributed by atoms with Crippen molar-refractivity contribution in [2.24, 2.45) is 0 Å². The number of benzene rings is 2. The molecule has 0 radical (unpaired) electrons. The Bertz CT molecular complexity index is 769. The minimum absolute atomic E-state index is 0.198. The first-order chi connectivity index (χ1) is 12.0. The highest BCUT2D eigenvalue weighted by molar-refractivity contribution is 6.39. The molecule has 130 valence electrons. The molecule has 6 nitrogen and oxygen atoms in total. The normalized spacial score (nSPS) is 10.0. The van der Waals surface area contributed by atoms with Gasteiger partial charge in [0.15, 0.2) is 0 Å². The predicted octanol–water partition coefficient (Wildman–Crippen LogP) is 2.43. The zero-order valence-electron chi connectivity index (χ0n) is 14.2. The number of esters is 1. The van der Waals surface area contributed by atoms with E-state index in [9.17, 15) is 14.4 Å². The van der Waals surface area contributed by atoms with E-state index >= 15 is 0 Å². The summed E-state index contributed by atoms with van der Waals surface area (Å²) in [6.07, 6.45) is 0. The van der Waals surface area contributed by atoms with Crippen LogP contribution in [0.4, 0.5) is 5.69 Å². The molecule has 0 unspecified atom stereocenters. The molecule has 2 aromatic rings. The quantitative estimate of drug-likeness (QED) is 0.647. The maximum atomic E-state index is 12.0. The largest absolute Gasteiger partial charge is 0.462 e. The molecule has 0 spiro atoms. The van der Waals surface area contributed by atoms with Gasteiger partial charge in [0.1, 0.15) is 0 Å². The predicted molar refractivity (Wildman–Crippen MR) is 94.1 cm³/mol. The van der Waals surface area contributed by atoms with Crippen molar-refractivity contribution in [2.45, 2.75) is 20.4 Å². The van der Waals surface area contributed by atoms with E-state index in [1.807, 2.05) is 31.2 Å².